The molecule has 1 aromatic heterocycles. The number of amides is 2. The van der Waals surface area contributed by atoms with Gasteiger partial charge in [-0.2, -0.15) is 0 Å². The van der Waals surface area contributed by atoms with Crippen molar-refractivity contribution in [1.29, 1.82) is 0 Å². The van der Waals surface area contributed by atoms with Crippen LogP contribution in [0.1, 0.15) is 24.1 Å². The number of nitro groups is 1. The zero-order chi connectivity index (χ0) is 21.5. The van der Waals surface area contributed by atoms with Crippen LogP contribution >= 0.6 is 11.3 Å². The van der Waals surface area contributed by atoms with Crippen LogP contribution in [0.4, 0.5) is 10.8 Å². The van der Waals surface area contributed by atoms with E-state index in [9.17, 15) is 19.7 Å². The van der Waals surface area contributed by atoms with Gasteiger partial charge in [0.1, 0.15) is 6.54 Å². The zero-order valence-corrected chi connectivity index (χ0v) is 17.3. The second-order valence-electron chi connectivity index (χ2n) is 6.88. The number of non-ortho nitro benzene ring substituents is 1. The number of hydrogen-bond acceptors (Lipinski definition) is 7. The summed E-state index contributed by atoms with van der Waals surface area (Å²) >= 11 is 1.32. The number of ether oxygens (including phenoxy) is 1. The highest BCUT2D eigenvalue weighted by Gasteiger charge is 2.23. The normalized spacial score (nSPS) is 16.0. The number of carbonyl (C=O) groups excluding carboxylic acids is 2. The maximum Gasteiger partial charge on any atom is 0.269 e. The topological polar surface area (TPSA) is 115 Å². The van der Waals surface area contributed by atoms with Crippen LogP contribution < -0.4 is 5.32 Å². The molecule has 0 radical (unpaired) electrons. The first-order valence-corrected chi connectivity index (χ1v) is 10.3. The number of benzene rings is 1. The standard InChI is InChI=1S/C20H22N4O5S/c1-14-13-30-20(21-14)22-18(25)12-23(11-17-3-2-10-29-17)19(26)9-6-15-4-7-16(8-5-15)24(27)28/h4-9,13,17H,2-3,10-12H2,1H3,(H,21,22,25). The van der Waals surface area contributed by atoms with Crippen molar-refractivity contribution in [2.45, 2.75) is 25.9 Å². The van der Waals surface area contributed by atoms with Gasteiger partial charge in [0.15, 0.2) is 5.13 Å². The molecule has 0 bridgehead atoms. The smallest absolute Gasteiger partial charge is 0.269 e. The SMILES string of the molecule is Cc1csc(NC(=O)CN(CC2CCCO2)C(=O)C=Cc2ccc([N+](=O)[O-])cc2)n1. The van der Waals surface area contributed by atoms with E-state index in [2.05, 4.69) is 10.3 Å². The van der Waals surface area contributed by atoms with Crippen LogP contribution in [0.5, 0.6) is 0 Å². The average molecular weight is 430 g/mol. The third-order valence-electron chi connectivity index (χ3n) is 4.48. The van der Waals surface area contributed by atoms with Crippen LogP contribution in [0.25, 0.3) is 6.08 Å². The fourth-order valence-corrected chi connectivity index (χ4v) is 3.69. The van der Waals surface area contributed by atoms with Gasteiger partial charge in [-0.3, -0.25) is 19.7 Å². The molecular weight excluding hydrogens is 408 g/mol. The summed E-state index contributed by atoms with van der Waals surface area (Å²) in [5.74, 6) is -0.672. The number of nitro benzene ring substituents is 1. The summed E-state index contributed by atoms with van der Waals surface area (Å²) in [6, 6.07) is 5.86. The Morgan fingerprint density at radius 3 is 2.77 bits per heavy atom. The second kappa shape index (κ2) is 10.1. The molecule has 1 unspecified atom stereocenters. The molecule has 0 aliphatic carbocycles. The van der Waals surface area contributed by atoms with Crippen LogP contribution in [0, 0.1) is 17.0 Å². The van der Waals surface area contributed by atoms with Crippen LogP contribution in [0.2, 0.25) is 0 Å². The highest BCUT2D eigenvalue weighted by atomic mass is 32.1. The molecule has 1 fully saturated rings. The Morgan fingerprint density at radius 2 is 2.17 bits per heavy atom. The van der Waals surface area contributed by atoms with E-state index in [0.717, 1.165) is 18.5 Å². The maximum absolute atomic E-state index is 12.8. The number of thiazole rings is 1. The van der Waals surface area contributed by atoms with Crippen molar-refractivity contribution >= 4 is 40.0 Å². The summed E-state index contributed by atoms with van der Waals surface area (Å²) in [5.41, 5.74) is 1.44. The molecule has 1 aromatic carbocycles. The van der Waals surface area contributed by atoms with E-state index in [4.69, 9.17) is 4.74 Å². The second-order valence-corrected chi connectivity index (χ2v) is 7.74. The lowest BCUT2D eigenvalue weighted by molar-refractivity contribution is -0.384. The Kier molecular flexibility index (Phi) is 7.26. The van der Waals surface area contributed by atoms with Gasteiger partial charge in [-0.05, 0) is 43.5 Å². The molecule has 0 spiro atoms. The molecular formula is C20H22N4O5S. The molecule has 158 valence electrons. The van der Waals surface area contributed by atoms with Gasteiger partial charge in [0.05, 0.1) is 16.7 Å². The minimum Gasteiger partial charge on any atom is -0.376 e. The van der Waals surface area contributed by atoms with Gasteiger partial charge in [-0.1, -0.05) is 0 Å². The molecule has 2 aromatic rings. The molecule has 1 N–H and O–H groups in total. The monoisotopic (exact) mass is 430 g/mol. The fraction of sp³-hybridized carbons (Fsp3) is 0.350. The molecule has 2 heterocycles. The Hall–Kier alpha value is -3.11. The van der Waals surface area contributed by atoms with E-state index < -0.39 is 4.92 Å². The quantitative estimate of drug-likeness (QED) is 0.391. The van der Waals surface area contributed by atoms with Crippen molar-refractivity contribution in [2.75, 3.05) is 25.0 Å². The highest BCUT2D eigenvalue weighted by Crippen LogP contribution is 2.17. The van der Waals surface area contributed by atoms with E-state index in [1.807, 2.05) is 12.3 Å². The molecule has 1 atom stereocenters. The first kappa shape index (κ1) is 21.6. The fourth-order valence-electron chi connectivity index (χ4n) is 2.99. The highest BCUT2D eigenvalue weighted by molar-refractivity contribution is 7.13. The van der Waals surface area contributed by atoms with Crippen molar-refractivity contribution in [3.63, 3.8) is 0 Å². The Morgan fingerprint density at radius 1 is 1.40 bits per heavy atom. The Bertz CT molecular complexity index is 935. The van der Waals surface area contributed by atoms with E-state index in [-0.39, 0.29) is 30.2 Å². The molecule has 1 saturated heterocycles. The van der Waals surface area contributed by atoms with Crippen molar-refractivity contribution in [2.24, 2.45) is 0 Å². The summed E-state index contributed by atoms with van der Waals surface area (Å²) in [4.78, 5) is 41.1. The Balaban J connectivity index is 1.65. The molecule has 10 heteroatoms. The summed E-state index contributed by atoms with van der Waals surface area (Å²) in [7, 11) is 0. The first-order chi connectivity index (χ1) is 14.4. The average Bonchev–Trinajstić information content (AvgIpc) is 3.37. The number of aromatic nitrogens is 1. The molecule has 9 nitrogen and oxygen atoms in total. The van der Waals surface area contributed by atoms with E-state index >= 15 is 0 Å². The van der Waals surface area contributed by atoms with Gasteiger partial charge in [-0.15, -0.1) is 11.3 Å². The minimum atomic E-state index is -0.482. The third kappa shape index (κ3) is 6.19. The lowest BCUT2D eigenvalue weighted by atomic mass is 10.2. The van der Waals surface area contributed by atoms with Gasteiger partial charge < -0.3 is 15.0 Å². The van der Waals surface area contributed by atoms with Gasteiger partial charge in [0, 0.05) is 36.7 Å². The van der Waals surface area contributed by atoms with Crippen molar-refractivity contribution in [1.82, 2.24) is 9.88 Å². The van der Waals surface area contributed by atoms with Gasteiger partial charge in [-0.25, -0.2) is 4.98 Å². The van der Waals surface area contributed by atoms with Gasteiger partial charge in [0.25, 0.3) is 5.69 Å². The summed E-state index contributed by atoms with van der Waals surface area (Å²) in [6.45, 7) is 2.67. The predicted molar refractivity (Wildman–Crippen MR) is 113 cm³/mol. The lowest BCUT2D eigenvalue weighted by Gasteiger charge is -2.23. The molecule has 1 aliphatic heterocycles. The van der Waals surface area contributed by atoms with E-state index in [1.54, 1.807) is 18.2 Å². The molecule has 0 saturated carbocycles. The molecule has 30 heavy (non-hydrogen) atoms. The van der Waals surface area contributed by atoms with Crippen molar-refractivity contribution in [3.8, 4) is 0 Å². The summed E-state index contributed by atoms with van der Waals surface area (Å²) in [5, 5.41) is 15.8. The number of carbonyl (C=O) groups is 2. The number of hydrogen-bond donors (Lipinski definition) is 1. The number of aryl methyl sites for hydroxylation is 1. The van der Waals surface area contributed by atoms with Crippen molar-refractivity contribution < 1.29 is 19.2 Å². The minimum absolute atomic E-state index is 0.0208. The van der Waals surface area contributed by atoms with Crippen LogP contribution in [0.15, 0.2) is 35.7 Å². The van der Waals surface area contributed by atoms with E-state index in [1.165, 1.54) is 34.4 Å². The van der Waals surface area contributed by atoms with Gasteiger partial charge >= 0.3 is 0 Å². The third-order valence-corrected chi connectivity index (χ3v) is 5.36. The number of nitrogens with zero attached hydrogens (tertiary/aromatic N) is 3. The van der Waals surface area contributed by atoms with Crippen LogP contribution in [0.3, 0.4) is 0 Å². The molecule has 1 aliphatic rings. The van der Waals surface area contributed by atoms with Crippen molar-refractivity contribution in [3.05, 3.63) is 57.1 Å². The predicted octanol–water partition coefficient (Wildman–Crippen LogP) is 3.02. The van der Waals surface area contributed by atoms with Crippen LogP contribution in [-0.2, 0) is 14.3 Å². The van der Waals surface area contributed by atoms with Crippen LogP contribution in [-0.4, -0.2) is 52.4 Å². The molecule has 2 amide bonds. The largest absolute Gasteiger partial charge is 0.376 e. The molecule has 3 rings (SSSR count). The summed E-state index contributed by atoms with van der Waals surface area (Å²) in [6.07, 6.45) is 4.59. The first-order valence-electron chi connectivity index (χ1n) is 9.46. The number of rotatable bonds is 8. The zero-order valence-electron chi connectivity index (χ0n) is 16.4. The van der Waals surface area contributed by atoms with E-state index in [0.29, 0.717) is 23.8 Å². The Labute approximate surface area is 177 Å². The maximum atomic E-state index is 12.8. The summed E-state index contributed by atoms with van der Waals surface area (Å²) < 4.78 is 5.61. The van der Waals surface area contributed by atoms with Gasteiger partial charge in [0.2, 0.25) is 11.8 Å². The lowest BCUT2D eigenvalue weighted by Crippen LogP contribution is -2.41. The number of nitrogens with one attached hydrogen (secondary N) is 1. The number of anilines is 1.